The van der Waals surface area contributed by atoms with Gasteiger partial charge in [-0.1, -0.05) is 12.1 Å². The molecule has 4 nitrogen and oxygen atoms in total. The van der Waals surface area contributed by atoms with Crippen LogP contribution in [0.3, 0.4) is 0 Å². The number of fused-ring (bicyclic) bond motifs is 2. The molecule has 1 amide bonds. The van der Waals surface area contributed by atoms with Crippen LogP contribution in [0.5, 0.6) is 0 Å². The fourth-order valence-corrected chi connectivity index (χ4v) is 3.86. The van der Waals surface area contributed by atoms with Crippen molar-refractivity contribution in [2.45, 2.75) is 20.3 Å². The second-order valence-corrected chi connectivity index (χ2v) is 6.80. The lowest BCUT2D eigenvalue weighted by Gasteiger charge is -2.17. The highest BCUT2D eigenvalue weighted by atomic mass is 16.3. The summed E-state index contributed by atoms with van der Waals surface area (Å²) in [5, 5.41) is 4.49. The molecule has 0 radical (unpaired) electrons. The molecule has 2 aromatic rings. The molecule has 1 N–H and O–H groups in total. The fourth-order valence-electron chi connectivity index (χ4n) is 3.86. The standard InChI is InChI=1S/C18H22N2O2/c1-11-3-4-16-13(10-22-18(16)12(11)2)5-17(21)20-8-14-6-19-7-15(14)9-20/h3-4,10,14-15,19H,5-9H2,1-2H3/t14-,15+. The molecule has 2 aliphatic heterocycles. The van der Waals surface area contributed by atoms with Gasteiger partial charge < -0.3 is 14.6 Å². The van der Waals surface area contributed by atoms with E-state index in [0.29, 0.717) is 18.3 Å². The van der Waals surface area contributed by atoms with E-state index in [0.717, 1.165) is 48.3 Å². The van der Waals surface area contributed by atoms with E-state index in [-0.39, 0.29) is 5.91 Å². The van der Waals surface area contributed by atoms with Gasteiger partial charge in [0.05, 0.1) is 12.7 Å². The molecule has 3 heterocycles. The summed E-state index contributed by atoms with van der Waals surface area (Å²) in [7, 11) is 0. The van der Waals surface area contributed by atoms with Crippen LogP contribution < -0.4 is 5.32 Å². The highest BCUT2D eigenvalue weighted by Crippen LogP contribution is 2.29. The lowest BCUT2D eigenvalue weighted by atomic mass is 10.0. The molecule has 0 saturated carbocycles. The third kappa shape index (κ3) is 2.13. The fraction of sp³-hybridized carbons (Fsp3) is 0.500. The minimum Gasteiger partial charge on any atom is -0.464 e. The van der Waals surface area contributed by atoms with Gasteiger partial charge >= 0.3 is 0 Å². The van der Waals surface area contributed by atoms with Crippen molar-refractivity contribution in [3.05, 3.63) is 35.1 Å². The average molecular weight is 298 g/mol. The van der Waals surface area contributed by atoms with E-state index in [1.165, 1.54) is 5.56 Å². The molecule has 4 rings (SSSR count). The second-order valence-electron chi connectivity index (χ2n) is 6.80. The Labute approximate surface area is 130 Å². The number of nitrogens with zero attached hydrogens (tertiary/aromatic N) is 1. The first-order valence-electron chi connectivity index (χ1n) is 8.08. The molecule has 116 valence electrons. The largest absolute Gasteiger partial charge is 0.464 e. The van der Waals surface area contributed by atoms with Gasteiger partial charge in [-0.2, -0.15) is 0 Å². The summed E-state index contributed by atoms with van der Waals surface area (Å²) < 4.78 is 5.72. The average Bonchev–Trinajstić information content (AvgIpc) is 3.17. The Morgan fingerprint density at radius 3 is 2.73 bits per heavy atom. The number of rotatable bonds is 2. The summed E-state index contributed by atoms with van der Waals surface area (Å²) in [6.07, 6.45) is 2.20. The Morgan fingerprint density at radius 1 is 1.27 bits per heavy atom. The van der Waals surface area contributed by atoms with Crippen molar-refractivity contribution in [2.75, 3.05) is 26.2 Å². The molecule has 2 atom stereocenters. The number of furan rings is 1. The summed E-state index contributed by atoms with van der Waals surface area (Å²) in [4.78, 5) is 14.6. The van der Waals surface area contributed by atoms with Crippen LogP contribution in [0, 0.1) is 25.7 Å². The molecule has 0 aliphatic carbocycles. The van der Waals surface area contributed by atoms with Crippen LogP contribution in [0.2, 0.25) is 0 Å². The molecule has 0 bridgehead atoms. The molecular formula is C18H22N2O2. The molecule has 2 saturated heterocycles. The predicted octanol–water partition coefficient (Wildman–Crippen LogP) is 2.27. The normalized spacial score (nSPS) is 24.2. The van der Waals surface area contributed by atoms with Gasteiger partial charge in [-0.3, -0.25) is 4.79 Å². The maximum atomic E-state index is 12.6. The van der Waals surface area contributed by atoms with E-state index in [1.54, 1.807) is 6.26 Å². The van der Waals surface area contributed by atoms with Crippen molar-refractivity contribution in [1.29, 1.82) is 0 Å². The smallest absolute Gasteiger partial charge is 0.227 e. The highest BCUT2D eigenvalue weighted by Gasteiger charge is 2.37. The molecular weight excluding hydrogens is 276 g/mol. The molecule has 4 heteroatoms. The zero-order valence-corrected chi connectivity index (χ0v) is 13.2. The van der Waals surface area contributed by atoms with Gasteiger partial charge in [0.1, 0.15) is 5.58 Å². The number of nitrogens with one attached hydrogen (secondary N) is 1. The van der Waals surface area contributed by atoms with Gasteiger partial charge in [-0.05, 0) is 36.8 Å². The van der Waals surface area contributed by atoms with Gasteiger partial charge in [0.15, 0.2) is 0 Å². The first-order valence-corrected chi connectivity index (χ1v) is 8.08. The van der Waals surface area contributed by atoms with Gasteiger partial charge in [-0.15, -0.1) is 0 Å². The Bertz CT molecular complexity index is 722. The zero-order chi connectivity index (χ0) is 15.3. The molecule has 2 aliphatic rings. The Morgan fingerprint density at radius 2 is 2.00 bits per heavy atom. The first kappa shape index (κ1) is 13.8. The van der Waals surface area contributed by atoms with Crippen LogP contribution in [0.4, 0.5) is 0 Å². The number of carbonyl (C=O) groups is 1. The molecule has 1 aromatic heterocycles. The van der Waals surface area contributed by atoms with Crippen molar-refractivity contribution >= 4 is 16.9 Å². The number of benzene rings is 1. The molecule has 2 fully saturated rings. The Balaban J connectivity index is 1.54. The topological polar surface area (TPSA) is 45.5 Å². The van der Waals surface area contributed by atoms with Crippen molar-refractivity contribution in [3.63, 3.8) is 0 Å². The number of likely N-dealkylation sites (tertiary alicyclic amines) is 1. The highest BCUT2D eigenvalue weighted by molar-refractivity contribution is 5.89. The summed E-state index contributed by atoms with van der Waals surface area (Å²) >= 11 is 0. The van der Waals surface area contributed by atoms with E-state index < -0.39 is 0 Å². The van der Waals surface area contributed by atoms with E-state index in [9.17, 15) is 4.79 Å². The second kappa shape index (κ2) is 5.13. The van der Waals surface area contributed by atoms with Gasteiger partial charge in [0.25, 0.3) is 0 Å². The van der Waals surface area contributed by atoms with Gasteiger partial charge in [-0.25, -0.2) is 0 Å². The van der Waals surface area contributed by atoms with Crippen molar-refractivity contribution in [3.8, 4) is 0 Å². The lowest BCUT2D eigenvalue weighted by Crippen LogP contribution is -2.32. The van der Waals surface area contributed by atoms with Crippen LogP contribution >= 0.6 is 0 Å². The summed E-state index contributed by atoms with van der Waals surface area (Å²) in [6, 6.07) is 4.18. The third-order valence-electron chi connectivity index (χ3n) is 5.43. The van der Waals surface area contributed by atoms with Crippen molar-refractivity contribution in [1.82, 2.24) is 10.2 Å². The monoisotopic (exact) mass is 298 g/mol. The number of hydrogen-bond acceptors (Lipinski definition) is 3. The van der Waals surface area contributed by atoms with Crippen LogP contribution in [-0.4, -0.2) is 37.0 Å². The van der Waals surface area contributed by atoms with Crippen molar-refractivity contribution in [2.24, 2.45) is 11.8 Å². The zero-order valence-electron chi connectivity index (χ0n) is 13.2. The van der Waals surface area contributed by atoms with E-state index in [2.05, 4.69) is 31.3 Å². The van der Waals surface area contributed by atoms with Gasteiger partial charge in [0.2, 0.25) is 5.91 Å². The Hall–Kier alpha value is -1.81. The first-order chi connectivity index (χ1) is 10.6. The Kier molecular flexibility index (Phi) is 3.22. The molecule has 0 spiro atoms. The number of hydrogen-bond donors (Lipinski definition) is 1. The van der Waals surface area contributed by atoms with Gasteiger partial charge in [0, 0.05) is 37.1 Å². The maximum absolute atomic E-state index is 12.6. The quantitative estimate of drug-likeness (QED) is 0.925. The van der Waals surface area contributed by atoms with E-state index in [1.807, 2.05) is 4.90 Å². The summed E-state index contributed by atoms with van der Waals surface area (Å²) in [5.41, 5.74) is 4.32. The number of amides is 1. The van der Waals surface area contributed by atoms with Crippen LogP contribution in [-0.2, 0) is 11.2 Å². The summed E-state index contributed by atoms with van der Waals surface area (Å²) in [5.74, 6) is 1.53. The van der Waals surface area contributed by atoms with Crippen LogP contribution in [0.15, 0.2) is 22.8 Å². The summed E-state index contributed by atoms with van der Waals surface area (Å²) in [6.45, 7) is 8.08. The van der Waals surface area contributed by atoms with E-state index >= 15 is 0 Å². The SMILES string of the molecule is Cc1ccc2c(CC(=O)N3C[C@H]4CNC[C@H]4C3)coc2c1C. The number of carbonyl (C=O) groups excluding carboxylic acids is 1. The van der Waals surface area contributed by atoms with Crippen molar-refractivity contribution < 1.29 is 9.21 Å². The third-order valence-corrected chi connectivity index (χ3v) is 5.43. The predicted molar refractivity (Wildman–Crippen MR) is 85.8 cm³/mol. The molecule has 0 unspecified atom stereocenters. The van der Waals surface area contributed by atoms with E-state index in [4.69, 9.17) is 4.42 Å². The lowest BCUT2D eigenvalue weighted by molar-refractivity contribution is -0.129. The molecule has 22 heavy (non-hydrogen) atoms. The molecule has 1 aromatic carbocycles. The minimum atomic E-state index is 0.232. The maximum Gasteiger partial charge on any atom is 0.227 e. The van der Waals surface area contributed by atoms with Crippen LogP contribution in [0.1, 0.15) is 16.7 Å². The number of aryl methyl sites for hydroxylation is 2. The minimum absolute atomic E-state index is 0.232. The van der Waals surface area contributed by atoms with Crippen LogP contribution in [0.25, 0.3) is 11.0 Å².